The molecule has 0 bridgehead atoms. The quantitative estimate of drug-likeness (QED) is 0.859. The second-order valence-corrected chi connectivity index (χ2v) is 4.99. The predicted molar refractivity (Wildman–Crippen MR) is 81.1 cm³/mol. The summed E-state index contributed by atoms with van der Waals surface area (Å²) in [5.74, 6) is 0.836. The fourth-order valence-corrected chi connectivity index (χ4v) is 2.06. The number of hydrogen-bond donors (Lipinski definition) is 2. The van der Waals surface area contributed by atoms with Gasteiger partial charge >= 0.3 is 0 Å². The second-order valence-electron chi connectivity index (χ2n) is 4.55. The lowest BCUT2D eigenvalue weighted by molar-refractivity contribution is 0.174. The molecular formula is C16H18ClNO2. The molecule has 106 valence electrons. The molecule has 0 aromatic heterocycles. The van der Waals surface area contributed by atoms with E-state index in [1.807, 2.05) is 36.4 Å². The maximum Gasteiger partial charge on any atom is 0.119 e. The van der Waals surface area contributed by atoms with Gasteiger partial charge in [0.2, 0.25) is 0 Å². The Morgan fingerprint density at radius 3 is 2.65 bits per heavy atom. The van der Waals surface area contributed by atoms with E-state index in [1.54, 1.807) is 19.2 Å². The Morgan fingerprint density at radius 2 is 1.95 bits per heavy atom. The summed E-state index contributed by atoms with van der Waals surface area (Å²) < 4.78 is 5.17. The average Bonchev–Trinajstić information content (AvgIpc) is 2.48. The van der Waals surface area contributed by atoms with Crippen LogP contribution in [-0.4, -0.2) is 18.8 Å². The smallest absolute Gasteiger partial charge is 0.119 e. The van der Waals surface area contributed by atoms with Crippen LogP contribution in [-0.2, 0) is 6.54 Å². The lowest BCUT2D eigenvalue weighted by atomic mass is 10.1. The van der Waals surface area contributed by atoms with E-state index in [2.05, 4.69) is 5.32 Å². The highest BCUT2D eigenvalue weighted by molar-refractivity contribution is 6.30. The van der Waals surface area contributed by atoms with Crippen LogP contribution in [0.1, 0.15) is 17.2 Å². The van der Waals surface area contributed by atoms with E-state index in [0.29, 0.717) is 18.1 Å². The Labute approximate surface area is 124 Å². The molecule has 0 radical (unpaired) electrons. The number of methoxy groups -OCH3 is 1. The van der Waals surface area contributed by atoms with Crippen molar-refractivity contribution in [1.29, 1.82) is 0 Å². The van der Waals surface area contributed by atoms with Crippen molar-refractivity contribution in [3.8, 4) is 5.75 Å². The molecule has 2 aromatic rings. The highest BCUT2D eigenvalue weighted by Gasteiger charge is 2.06. The first-order chi connectivity index (χ1) is 9.69. The molecule has 0 amide bonds. The second kappa shape index (κ2) is 7.29. The molecule has 0 aliphatic carbocycles. The zero-order valence-corrected chi connectivity index (χ0v) is 12.1. The fourth-order valence-electron chi connectivity index (χ4n) is 1.94. The van der Waals surface area contributed by atoms with Gasteiger partial charge in [-0.3, -0.25) is 0 Å². The molecule has 0 saturated carbocycles. The van der Waals surface area contributed by atoms with Crippen molar-refractivity contribution in [1.82, 2.24) is 5.32 Å². The van der Waals surface area contributed by atoms with Crippen LogP contribution in [0.5, 0.6) is 5.75 Å². The molecule has 2 N–H and O–H groups in total. The van der Waals surface area contributed by atoms with E-state index >= 15 is 0 Å². The lowest BCUT2D eigenvalue weighted by Gasteiger charge is -2.12. The number of halogens is 1. The molecule has 4 heteroatoms. The Bertz CT molecular complexity index is 542. The van der Waals surface area contributed by atoms with E-state index in [1.165, 1.54) is 0 Å². The van der Waals surface area contributed by atoms with Gasteiger partial charge in [0, 0.05) is 18.1 Å². The van der Waals surface area contributed by atoms with Gasteiger partial charge in [-0.05, 0) is 35.4 Å². The molecular weight excluding hydrogens is 274 g/mol. The van der Waals surface area contributed by atoms with Gasteiger partial charge in [0.25, 0.3) is 0 Å². The molecule has 0 aliphatic rings. The predicted octanol–water partition coefficient (Wildman–Crippen LogP) is 3.17. The van der Waals surface area contributed by atoms with Gasteiger partial charge in [0.05, 0.1) is 13.2 Å². The summed E-state index contributed by atoms with van der Waals surface area (Å²) in [5, 5.41) is 14.0. The molecule has 2 rings (SSSR count). The van der Waals surface area contributed by atoms with E-state index in [9.17, 15) is 5.11 Å². The Balaban J connectivity index is 1.84. The number of hydrogen-bond acceptors (Lipinski definition) is 3. The summed E-state index contributed by atoms with van der Waals surface area (Å²) in [6.45, 7) is 1.17. The minimum absolute atomic E-state index is 0.485. The van der Waals surface area contributed by atoms with Gasteiger partial charge in [-0.1, -0.05) is 35.9 Å². The number of aliphatic hydroxyl groups is 1. The third kappa shape index (κ3) is 4.23. The maximum absolute atomic E-state index is 10.1. The first-order valence-corrected chi connectivity index (χ1v) is 6.84. The molecule has 0 heterocycles. The average molecular weight is 292 g/mol. The molecule has 3 nitrogen and oxygen atoms in total. The maximum atomic E-state index is 10.1. The van der Waals surface area contributed by atoms with Crippen LogP contribution in [0.25, 0.3) is 0 Å². The van der Waals surface area contributed by atoms with Crippen molar-refractivity contribution in [3.63, 3.8) is 0 Å². The van der Waals surface area contributed by atoms with Crippen molar-refractivity contribution in [2.24, 2.45) is 0 Å². The zero-order chi connectivity index (χ0) is 14.4. The summed E-state index contributed by atoms with van der Waals surface area (Å²) >= 11 is 5.82. The Kier molecular flexibility index (Phi) is 5.41. The minimum atomic E-state index is -0.544. The third-order valence-electron chi connectivity index (χ3n) is 3.06. The largest absolute Gasteiger partial charge is 0.497 e. The first kappa shape index (κ1) is 14.9. The van der Waals surface area contributed by atoms with Gasteiger partial charge in [-0.25, -0.2) is 0 Å². The van der Waals surface area contributed by atoms with Gasteiger partial charge in [0.15, 0.2) is 0 Å². The SMILES string of the molecule is COc1cccc(CNCC(O)c2ccc(Cl)cc2)c1. The van der Waals surface area contributed by atoms with Gasteiger partial charge in [-0.15, -0.1) is 0 Å². The van der Waals surface area contributed by atoms with E-state index in [-0.39, 0.29) is 0 Å². The molecule has 0 aliphatic heterocycles. The standard InChI is InChI=1S/C16H18ClNO2/c1-20-15-4-2-3-12(9-15)10-18-11-16(19)13-5-7-14(17)8-6-13/h2-9,16,18-19H,10-11H2,1H3. The van der Waals surface area contributed by atoms with Crippen LogP contribution in [0.3, 0.4) is 0 Å². The van der Waals surface area contributed by atoms with Gasteiger partial charge < -0.3 is 15.2 Å². The highest BCUT2D eigenvalue weighted by Crippen LogP contribution is 2.16. The van der Waals surface area contributed by atoms with E-state index in [4.69, 9.17) is 16.3 Å². The Morgan fingerprint density at radius 1 is 1.20 bits per heavy atom. The molecule has 20 heavy (non-hydrogen) atoms. The van der Waals surface area contributed by atoms with Crippen molar-refractivity contribution in [2.75, 3.05) is 13.7 Å². The molecule has 0 spiro atoms. The normalized spacial score (nSPS) is 12.2. The summed E-state index contributed by atoms with van der Waals surface area (Å²) in [4.78, 5) is 0. The summed E-state index contributed by atoms with van der Waals surface area (Å²) in [6.07, 6.45) is -0.544. The topological polar surface area (TPSA) is 41.5 Å². The number of nitrogens with one attached hydrogen (secondary N) is 1. The molecule has 2 aromatic carbocycles. The number of rotatable bonds is 6. The van der Waals surface area contributed by atoms with Crippen LogP contribution in [0, 0.1) is 0 Å². The summed E-state index contributed by atoms with van der Waals surface area (Å²) in [6, 6.07) is 15.1. The molecule has 0 fully saturated rings. The fraction of sp³-hybridized carbons (Fsp3) is 0.250. The monoisotopic (exact) mass is 291 g/mol. The van der Waals surface area contributed by atoms with E-state index in [0.717, 1.165) is 16.9 Å². The van der Waals surface area contributed by atoms with Crippen molar-refractivity contribution >= 4 is 11.6 Å². The lowest BCUT2D eigenvalue weighted by Crippen LogP contribution is -2.21. The van der Waals surface area contributed by atoms with Crippen molar-refractivity contribution in [2.45, 2.75) is 12.6 Å². The zero-order valence-electron chi connectivity index (χ0n) is 11.3. The van der Waals surface area contributed by atoms with E-state index < -0.39 is 6.10 Å². The van der Waals surface area contributed by atoms with Crippen LogP contribution in [0.4, 0.5) is 0 Å². The molecule has 1 unspecified atom stereocenters. The summed E-state index contributed by atoms with van der Waals surface area (Å²) in [5.41, 5.74) is 1.97. The van der Waals surface area contributed by atoms with Crippen LogP contribution in [0.15, 0.2) is 48.5 Å². The van der Waals surface area contributed by atoms with Crippen LogP contribution < -0.4 is 10.1 Å². The number of benzene rings is 2. The van der Waals surface area contributed by atoms with Crippen LogP contribution >= 0.6 is 11.6 Å². The Hall–Kier alpha value is -1.55. The third-order valence-corrected chi connectivity index (χ3v) is 3.31. The highest BCUT2D eigenvalue weighted by atomic mass is 35.5. The number of aliphatic hydroxyl groups excluding tert-OH is 1. The van der Waals surface area contributed by atoms with Crippen molar-refractivity contribution < 1.29 is 9.84 Å². The minimum Gasteiger partial charge on any atom is -0.497 e. The van der Waals surface area contributed by atoms with Crippen LogP contribution in [0.2, 0.25) is 5.02 Å². The first-order valence-electron chi connectivity index (χ1n) is 6.46. The van der Waals surface area contributed by atoms with Gasteiger partial charge in [0.1, 0.15) is 5.75 Å². The number of ether oxygens (including phenoxy) is 1. The van der Waals surface area contributed by atoms with Crippen molar-refractivity contribution in [3.05, 3.63) is 64.7 Å². The molecule has 0 saturated heterocycles. The molecule has 1 atom stereocenters. The van der Waals surface area contributed by atoms with Gasteiger partial charge in [-0.2, -0.15) is 0 Å². The summed E-state index contributed by atoms with van der Waals surface area (Å²) in [7, 11) is 1.65.